The highest BCUT2D eigenvalue weighted by molar-refractivity contribution is 5.71. The Hall–Kier alpha value is -3.20. The number of carbonyl (C=O) groups excluding carboxylic acids is 1. The van der Waals surface area contributed by atoms with Crippen molar-refractivity contribution in [2.45, 2.75) is 19.3 Å². The molecule has 0 radical (unpaired) electrons. The number of ether oxygens (including phenoxy) is 1. The van der Waals surface area contributed by atoms with Crippen molar-refractivity contribution >= 4 is 5.97 Å². The van der Waals surface area contributed by atoms with E-state index in [1.165, 1.54) is 19.2 Å². The van der Waals surface area contributed by atoms with Gasteiger partial charge < -0.3 is 9.30 Å². The van der Waals surface area contributed by atoms with Gasteiger partial charge in [-0.3, -0.25) is 9.69 Å². The Morgan fingerprint density at radius 2 is 1.67 bits per heavy atom. The van der Waals surface area contributed by atoms with Crippen LogP contribution in [0.5, 0.6) is 0 Å². The van der Waals surface area contributed by atoms with E-state index in [9.17, 15) is 18.0 Å². The van der Waals surface area contributed by atoms with Crippen LogP contribution in [-0.2, 0) is 28.8 Å². The number of alkyl halides is 3. The van der Waals surface area contributed by atoms with Crippen molar-refractivity contribution in [3.63, 3.8) is 0 Å². The van der Waals surface area contributed by atoms with Crippen molar-refractivity contribution < 1.29 is 22.7 Å². The summed E-state index contributed by atoms with van der Waals surface area (Å²) in [6.45, 7) is 1.10. The Bertz CT molecular complexity index is 983. The van der Waals surface area contributed by atoms with Crippen LogP contribution in [0.2, 0.25) is 0 Å². The minimum Gasteiger partial charge on any atom is -0.468 e. The number of carbonyl (C=O) groups is 1. The average molecular weight is 418 g/mol. The molecule has 1 aromatic heterocycles. The number of halogens is 3. The molecule has 0 aliphatic heterocycles. The quantitative estimate of drug-likeness (QED) is 0.549. The number of hydrogen-bond donors (Lipinski definition) is 0. The van der Waals surface area contributed by atoms with Gasteiger partial charge >= 0.3 is 12.1 Å². The van der Waals surface area contributed by atoms with E-state index in [1.807, 2.05) is 28.8 Å². The summed E-state index contributed by atoms with van der Waals surface area (Å²) in [5, 5.41) is 8.05. The molecule has 2 aromatic carbocycles. The van der Waals surface area contributed by atoms with Gasteiger partial charge in [0.25, 0.3) is 0 Å². The van der Waals surface area contributed by atoms with E-state index < -0.39 is 11.7 Å². The van der Waals surface area contributed by atoms with Gasteiger partial charge in [-0.25, -0.2) is 0 Å². The lowest BCUT2D eigenvalue weighted by Gasteiger charge is -2.15. The fourth-order valence-corrected chi connectivity index (χ4v) is 2.97. The maximum absolute atomic E-state index is 12.7. The summed E-state index contributed by atoms with van der Waals surface area (Å²) in [6.07, 6.45) is -2.73. The molecule has 0 atom stereocenters. The molecule has 30 heavy (non-hydrogen) atoms. The van der Waals surface area contributed by atoms with Crippen LogP contribution in [0, 0.1) is 0 Å². The second-order valence-corrected chi connectivity index (χ2v) is 6.90. The van der Waals surface area contributed by atoms with Gasteiger partial charge in [0.05, 0.1) is 32.3 Å². The molecule has 0 unspecified atom stereocenters. The van der Waals surface area contributed by atoms with Gasteiger partial charge in [-0.2, -0.15) is 13.2 Å². The fourth-order valence-electron chi connectivity index (χ4n) is 2.97. The van der Waals surface area contributed by atoms with E-state index in [-0.39, 0.29) is 12.5 Å². The molecule has 3 rings (SSSR count). The first kappa shape index (κ1) is 21.5. The van der Waals surface area contributed by atoms with Gasteiger partial charge in [-0.15, -0.1) is 10.2 Å². The molecule has 9 heteroatoms. The van der Waals surface area contributed by atoms with Crippen molar-refractivity contribution in [2.75, 3.05) is 20.7 Å². The summed E-state index contributed by atoms with van der Waals surface area (Å²) < 4.78 is 44.7. The van der Waals surface area contributed by atoms with Gasteiger partial charge in [0.2, 0.25) is 0 Å². The number of benzene rings is 2. The molecule has 3 aromatic rings. The Kier molecular flexibility index (Phi) is 6.51. The molecule has 6 nitrogen and oxygen atoms in total. The molecular weight excluding hydrogens is 397 g/mol. The summed E-state index contributed by atoms with van der Waals surface area (Å²) in [6, 6.07) is 12.6. The monoisotopic (exact) mass is 418 g/mol. The van der Waals surface area contributed by atoms with Crippen LogP contribution in [0.25, 0.3) is 11.1 Å². The second-order valence-electron chi connectivity index (χ2n) is 6.90. The van der Waals surface area contributed by atoms with Crippen LogP contribution >= 0.6 is 0 Å². The highest BCUT2D eigenvalue weighted by Gasteiger charge is 2.29. The van der Waals surface area contributed by atoms with Crippen molar-refractivity contribution in [3.05, 3.63) is 71.8 Å². The zero-order valence-corrected chi connectivity index (χ0v) is 16.6. The standard InChI is InChI=1S/C21H21F3N4O2/c1-27(13-20(29)30-2)12-19-26-25-14-28(19)11-15-3-5-16(6-4-15)17-7-9-18(10-8-17)21(22,23)24/h3-10,14H,11-13H2,1-2H3. The number of methoxy groups -OCH3 is 1. The number of esters is 1. The van der Waals surface area contributed by atoms with E-state index in [1.54, 1.807) is 18.3 Å². The molecule has 0 aliphatic rings. The smallest absolute Gasteiger partial charge is 0.416 e. The van der Waals surface area contributed by atoms with Gasteiger partial charge in [0.1, 0.15) is 12.2 Å². The molecule has 158 valence electrons. The van der Waals surface area contributed by atoms with Crippen LogP contribution < -0.4 is 0 Å². The van der Waals surface area contributed by atoms with Crippen LogP contribution in [-0.4, -0.2) is 46.3 Å². The van der Waals surface area contributed by atoms with Gasteiger partial charge in [0, 0.05) is 0 Å². The van der Waals surface area contributed by atoms with Gasteiger partial charge in [-0.1, -0.05) is 36.4 Å². The summed E-state index contributed by atoms with van der Waals surface area (Å²) in [7, 11) is 3.13. The lowest BCUT2D eigenvalue weighted by Crippen LogP contribution is -2.27. The number of likely N-dealkylation sites (N-methyl/N-ethyl adjacent to an activating group) is 1. The van der Waals surface area contributed by atoms with Crippen molar-refractivity contribution in [1.82, 2.24) is 19.7 Å². The number of rotatable bonds is 7. The Morgan fingerprint density at radius 1 is 1.07 bits per heavy atom. The average Bonchev–Trinajstić information content (AvgIpc) is 3.14. The molecule has 0 spiro atoms. The predicted molar refractivity (Wildman–Crippen MR) is 104 cm³/mol. The highest BCUT2D eigenvalue weighted by atomic mass is 19.4. The zero-order valence-electron chi connectivity index (χ0n) is 16.6. The van der Waals surface area contributed by atoms with Crippen molar-refractivity contribution in [3.8, 4) is 11.1 Å². The van der Waals surface area contributed by atoms with Crippen molar-refractivity contribution in [1.29, 1.82) is 0 Å². The first-order valence-corrected chi connectivity index (χ1v) is 9.15. The largest absolute Gasteiger partial charge is 0.468 e. The number of nitrogens with zero attached hydrogens (tertiary/aromatic N) is 4. The van der Waals surface area contributed by atoms with Gasteiger partial charge in [-0.05, 0) is 35.9 Å². The number of hydrogen-bond acceptors (Lipinski definition) is 5. The van der Waals surface area contributed by atoms with E-state index in [0.29, 0.717) is 24.5 Å². The number of aromatic nitrogens is 3. The van der Waals surface area contributed by atoms with E-state index in [0.717, 1.165) is 23.3 Å². The van der Waals surface area contributed by atoms with Crippen LogP contribution in [0.1, 0.15) is 17.0 Å². The molecule has 1 heterocycles. The highest BCUT2D eigenvalue weighted by Crippen LogP contribution is 2.31. The molecule has 0 saturated carbocycles. The Labute approximate surface area is 171 Å². The third-order valence-electron chi connectivity index (χ3n) is 4.59. The van der Waals surface area contributed by atoms with Crippen LogP contribution in [0.15, 0.2) is 54.9 Å². The molecular formula is C21H21F3N4O2. The Balaban J connectivity index is 1.67. The second kappa shape index (κ2) is 9.08. The van der Waals surface area contributed by atoms with Gasteiger partial charge in [0.15, 0.2) is 0 Å². The maximum Gasteiger partial charge on any atom is 0.416 e. The minimum absolute atomic E-state index is 0.144. The molecule has 0 fully saturated rings. The Morgan fingerprint density at radius 3 is 2.23 bits per heavy atom. The van der Waals surface area contributed by atoms with E-state index in [4.69, 9.17) is 0 Å². The summed E-state index contributed by atoms with van der Waals surface area (Å²) in [4.78, 5) is 13.2. The predicted octanol–water partition coefficient (Wildman–Crippen LogP) is 3.62. The summed E-state index contributed by atoms with van der Waals surface area (Å²) >= 11 is 0. The third kappa shape index (κ3) is 5.44. The third-order valence-corrected chi connectivity index (χ3v) is 4.59. The molecule has 0 bridgehead atoms. The lowest BCUT2D eigenvalue weighted by molar-refractivity contribution is -0.141. The SMILES string of the molecule is COC(=O)CN(C)Cc1nncn1Cc1ccc(-c2ccc(C(F)(F)F)cc2)cc1. The topological polar surface area (TPSA) is 60.2 Å². The van der Waals surface area contributed by atoms with E-state index in [2.05, 4.69) is 14.9 Å². The zero-order chi connectivity index (χ0) is 21.7. The minimum atomic E-state index is -4.34. The summed E-state index contributed by atoms with van der Waals surface area (Å²) in [5.74, 6) is 0.371. The normalized spacial score (nSPS) is 11.7. The summed E-state index contributed by atoms with van der Waals surface area (Å²) in [5.41, 5.74) is 1.86. The first-order valence-electron chi connectivity index (χ1n) is 9.15. The lowest BCUT2D eigenvalue weighted by atomic mass is 10.0. The van der Waals surface area contributed by atoms with E-state index >= 15 is 0 Å². The van der Waals surface area contributed by atoms with Crippen LogP contribution in [0.4, 0.5) is 13.2 Å². The maximum atomic E-state index is 12.7. The molecule has 0 saturated heterocycles. The fraction of sp³-hybridized carbons (Fsp3) is 0.286. The van der Waals surface area contributed by atoms with Crippen molar-refractivity contribution in [2.24, 2.45) is 0 Å². The molecule has 0 aliphatic carbocycles. The molecule has 0 amide bonds. The first-order chi connectivity index (χ1) is 14.3. The van der Waals surface area contributed by atoms with Crippen LogP contribution in [0.3, 0.4) is 0 Å². The molecule has 0 N–H and O–H groups in total.